The number of allylic oxidation sites excluding steroid dienone is 1. The summed E-state index contributed by atoms with van der Waals surface area (Å²) < 4.78 is 10.8. The molecule has 5 nitrogen and oxygen atoms in total. The number of ether oxygens (including phenoxy) is 2. The molecule has 1 unspecified atom stereocenters. The van der Waals surface area contributed by atoms with E-state index in [4.69, 9.17) is 14.5 Å². The average molecular weight is 377 g/mol. The molecule has 0 radical (unpaired) electrons. The molecule has 0 spiro atoms. The second-order valence-corrected chi connectivity index (χ2v) is 6.92. The average Bonchev–Trinajstić information content (AvgIpc) is 3.01. The van der Waals surface area contributed by atoms with E-state index in [0.717, 1.165) is 11.1 Å². The largest absolute Gasteiger partial charge is 0.427 e. The number of carbonyl (C=O) groups excluding carboxylic acids is 2. The van der Waals surface area contributed by atoms with Crippen molar-refractivity contribution in [2.45, 2.75) is 33.2 Å². The van der Waals surface area contributed by atoms with Gasteiger partial charge in [0.25, 0.3) is 0 Å². The number of hydrogen-bond acceptors (Lipinski definition) is 5. The van der Waals surface area contributed by atoms with Crippen molar-refractivity contribution in [2.75, 3.05) is 0 Å². The minimum Gasteiger partial charge on any atom is -0.427 e. The highest BCUT2D eigenvalue weighted by molar-refractivity contribution is 6.13. The third-order valence-electron chi connectivity index (χ3n) is 4.74. The van der Waals surface area contributed by atoms with Gasteiger partial charge in [-0.1, -0.05) is 50.3 Å². The predicted molar refractivity (Wildman–Crippen MR) is 108 cm³/mol. The van der Waals surface area contributed by atoms with Crippen LogP contribution < -0.4 is 4.74 Å². The summed E-state index contributed by atoms with van der Waals surface area (Å²) in [5.74, 6) is -0.226. The zero-order valence-electron chi connectivity index (χ0n) is 16.4. The van der Waals surface area contributed by atoms with Gasteiger partial charge >= 0.3 is 11.9 Å². The van der Waals surface area contributed by atoms with E-state index in [1.165, 1.54) is 6.92 Å². The van der Waals surface area contributed by atoms with Crippen molar-refractivity contribution in [1.82, 2.24) is 0 Å². The van der Waals surface area contributed by atoms with Crippen molar-refractivity contribution in [1.29, 1.82) is 0 Å². The summed E-state index contributed by atoms with van der Waals surface area (Å²) in [4.78, 5) is 29.2. The SMILES string of the molecule is C/C=C(\c1cccc(OC(C)=O)c1)C1(C(C)C)N=C(c2ccccc2)OC1=O. The summed E-state index contributed by atoms with van der Waals surface area (Å²) >= 11 is 0. The summed E-state index contributed by atoms with van der Waals surface area (Å²) in [6.45, 7) is 7.10. The molecule has 0 N–H and O–H groups in total. The van der Waals surface area contributed by atoms with Crippen LogP contribution in [-0.4, -0.2) is 23.4 Å². The highest BCUT2D eigenvalue weighted by Crippen LogP contribution is 2.42. The molecule has 2 aromatic rings. The van der Waals surface area contributed by atoms with Crippen LogP contribution in [0.15, 0.2) is 65.7 Å². The lowest BCUT2D eigenvalue weighted by Gasteiger charge is -2.29. The third kappa shape index (κ3) is 3.48. The normalized spacial score (nSPS) is 19.4. The zero-order valence-corrected chi connectivity index (χ0v) is 16.4. The molecule has 3 rings (SSSR count). The Labute approximate surface area is 164 Å². The maximum Gasteiger partial charge on any atom is 0.345 e. The lowest BCUT2D eigenvalue weighted by atomic mass is 9.77. The van der Waals surface area contributed by atoms with Crippen LogP contribution in [-0.2, 0) is 14.3 Å². The van der Waals surface area contributed by atoms with Crippen LogP contribution in [0.5, 0.6) is 5.75 Å². The molecule has 0 saturated heterocycles. The van der Waals surface area contributed by atoms with Gasteiger partial charge in [0, 0.05) is 12.5 Å². The van der Waals surface area contributed by atoms with Gasteiger partial charge in [-0.3, -0.25) is 4.79 Å². The van der Waals surface area contributed by atoms with Crippen LogP contribution in [0.3, 0.4) is 0 Å². The van der Waals surface area contributed by atoms with Crippen LogP contribution in [0.2, 0.25) is 0 Å². The summed E-state index contributed by atoms with van der Waals surface area (Å²) in [7, 11) is 0. The van der Waals surface area contributed by atoms with Crippen LogP contribution in [0.4, 0.5) is 0 Å². The standard InChI is InChI=1S/C23H23NO4/c1-5-20(18-12-9-13-19(14-18)27-16(4)25)23(15(2)3)22(26)28-21(24-23)17-10-7-6-8-11-17/h5-15H,1-4H3/b20-5+. The summed E-state index contributed by atoms with van der Waals surface area (Å²) in [5.41, 5.74) is 1.05. The van der Waals surface area contributed by atoms with Gasteiger partial charge in [0.05, 0.1) is 0 Å². The monoisotopic (exact) mass is 377 g/mol. The van der Waals surface area contributed by atoms with E-state index in [2.05, 4.69) is 0 Å². The Hall–Kier alpha value is -3.21. The molecule has 0 aromatic heterocycles. The fourth-order valence-electron chi connectivity index (χ4n) is 3.44. The van der Waals surface area contributed by atoms with E-state index in [9.17, 15) is 9.59 Å². The van der Waals surface area contributed by atoms with Crippen LogP contribution in [0, 0.1) is 5.92 Å². The van der Waals surface area contributed by atoms with Gasteiger partial charge < -0.3 is 9.47 Å². The van der Waals surface area contributed by atoms with E-state index >= 15 is 0 Å². The first-order valence-electron chi connectivity index (χ1n) is 9.21. The van der Waals surface area contributed by atoms with E-state index in [0.29, 0.717) is 17.2 Å². The molecule has 5 heteroatoms. The van der Waals surface area contributed by atoms with Gasteiger partial charge in [-0.25, -0.2) is 9.79 Å². The van der Waals surface area contributed by atoms with E-state index in [1.54, 1.807) is 18.2 Å². The molecule has 0 amide bonds. The number of benzene rings is 2. The van der Waals surface area contributed by atoms with Crippen molar-refractivity contribution < 1.29 is 19.1 Å². The summed E-state index contributed by atoms with van der Waals surface area (Å²) in [6, 6.07) is 16.5. The first kappa shape index (κ1) is 19.5. The molecule has 1 atom stereocenters. The Morgan fingerprint density at radius 1 is 1.14 bits per heavy atom. The molecule has 144 valence electrons. The Kier molecular flexibility index (Phi) is 5.45. The first-order chi connectivity index (χ1) is 13.4. The molecular weight excluding hydrogens is 354 g/mol. The number of esters is 2. The molecular formula is C23H23NO4. The molecule has 0 aliphatic carbocycles. The maximum absolute atomic E-state index is 13.1. The van der Waals surface area contributed by atoms with E-state index in [-0.39, 0.29) is 5.92 Å². The number of cyclic esters (lactones) is 1. The molecule has 0 fully saturated rings. The van der Waals surface area contributed by atoms with Crippen molar-refractivity contribution in [3.63, 3.8) is 0 Å². The number of nitrogens with zero attached hydrogens (tertiary/aromatic N) is 1. The van der Waals surface area contributed by atoms with E-state index < -0.39 is 17.5 Å². The highest BCUT2D eigenvalue weighted by Gasteiger charge is 2.51. The van der Waals surface area contributed by atoms with Crippen molar-refractivity contribution in [3.05, 3.63) is 71.8 Å². The van der Waals surface area contributed by atoms with Gasteiger partial charge in [0.15, 0.2) is 5.54 Å². The van der Waals surface area contributed by atoms with Crippen molar-refractivity contribution in [2.24, 2.45) is 10.9 Å². The van der Waals surface area contributed by atoms with Gasteiger partial charge in [-0.15, -0.1) is 0 Å². The van der Waals surface area contributed by atoms with E-state index in [1.807, 2.05) is 63.2 Å². The van der Waals surface area contributed by atoms with Gasteiger partial charge in [-0.05, 0) is 48.2 Å². The Morgan fingerprint density at radius 3 is 2.46 bits per heavy atom. The molecule has 0 bridgehead atoms. The second-order valence-electron chi connectivity index (χ2n) is 6.92. The molecule has 0 saturated carbocycles. The summed E-state index contributed by atoms with van der Waals surface area (Å²) in [6.07, 6.45) is 1.87. The zero-order chi connectivity index (χ0) is 20.3. The van der Waals surface area contributed by atoms with Gasteiger partial charge in [0.1, 0.15) is 5.75 Å². The number of rotatable bonds is 5. The fourth-order valence-corrected chi connectivity index (χ4v) is 3.44. The minimum absolute atomic E-state index is 0.148. The molecule has 28 heavy (non-hydrogen) atoms. The molecule has 2 aromatic carbocycles. The number of hydrogen-bond donors (Lipinski definition) is 0. The Morgan fingerprint density at radius 2 is 1.86 bits per heavy atom. The minimum atomic E-state index is -1.17. The molecule has 1 aliphatic rings. The van der Waals surface area contributed by atoms with Crippen LogP contribution >= 0.6 is 0 Å². The first-order valence-corrected chi connectivity index (χ1v) is 9.21. The molecule has 1 aliphatic heterocycles. The van der Waals surface area contributed by atoms with Crippen molar-refractivity contribution in [3.8, 4) is 5.75 Å². The predicted octanol–water partition coefficient (Wildman–Crippen LogP) is 4.41. The lowest BCUT2D eigenvalue weighted by molar-refractivity contribution is -0.138. The lowest BCUT2D eigenvalue weighted by Crippen LogP contribution is -2.40. The number of aliphatic imine (C=N–C) groups is 1. The Bertz CT molecular complexity index is 960. The third-order valence-corrected chi connectivity index (χ3v) is 4.74. The highest BCUT2D eigenvalue weighted by atomic mass is 16.6. The van der Waals surface area contributed by atoms with Crippen molar-refractivity contribution >= 4 is 23.4 Å². The van der Waals surface area contributed by atoms with Crippen LogP contribution in [0.1, 0.15) is 38.8 Å². The smallest absolute Gasteiger partial charge is 0.345 e. The quantitative estimate of drug-likeness (QED) is 0.572. The Balaban J connectivity index is 2.11. The molecule has 1 heterocycles. The van der Waals surface area contributed by atoms with Gasteiger partial charge in [-0.2, -0.15) is 0 Å². The topological polar surface area (TPSA) is 65.0 Å². The van der Waals surface area contributed by atoms with Gasteiger partial charge in [0.2, 0.25) is 5.90 Å². The second kappa shape index (κ2) is 7.80. The number of carbonyl (C=O) groups is 2. The maximum atomic E-state index is 13.1. The summed E-state index contributed by atoms with van der Waals surface area (Å²) in [5, 5.41) is 0. The van der Waals surface area contributed by atoms with Crippen LogP contribution in [0.25, 0.3) is 5.57 Å². The fraction of sp³-hybridized carbons (Fsp3) is 0.261.